The van der Waals surface area contributed by atoms with Crippen molar-refractivity contribution in [1.82, 2.24) is 10.5 Å². The van der Waals surface area contributed by atoms with E-state index < -0.39 is 0 Å². The van der Waals surface area contributed by atoms with Gasteiger partial charge < -0.3 is 25.0 Å². The second kappa shape index (κ2) is 6.05. The molecular weight excluding hydrogens is 270 g/mol. The molecule has 1 aromatic heterocycles. The number of benzene rings is 1. The van der Waals surface area contributed by atoms with Crippen LogP contribution in [0.2, 0.25) is 0 Å². The number of nitrogens with one attached hydrogen (secondary N) is 1. The predicted molar refractivity (Wildman–Crippen MR) is 79.4 cm³/mol. The molecule has 1 aromatic carbocycles. The van der Waals surface area contributed by atoms with Crippen LogP contribution in [-0.4, -0.2) is 31.5 Å². The van der Waals surface area contributed by atoms with Crippen molar-refractivity contribution in [3.8, 4) is 22.8 Å². The topological polar surface area (TPSA) is 82.5 Å². The van der Waals surface area contributed by atoms with Gasteiger partial charge in [-0.15, -0.1) is 0 Å². The van der Waals surface area contributed by atoms with Gasteiger partial charge in [0.2, 0.25) is 0 Å². The summed E-state index contributed by atoms with van der Waals surface area (Å²) in [7, 11) is 1.62. The molecule has 2 aromatic rings. The molecule has 112 valence electrons. The third kappa shape index (κ3) is 2.95. The summed E-state index contributed by atoms with van der Waals surface area (Å²) in [5, 5.41) is 7.04. The molecule has 0 spiro atoms. The molecule has 2 heterocycles. The lowest BCUT2D eigenvalue weighted by atomic mass is 10.1. The first-order valence-corrected chi connectivity index (χ1v) is 7.05. The monoisotopic (exact) mass is 289 g/mol. The maximum absolute atomic E-state index is 6.07. The second-order valence-corrected chi connectivity index (χ2v) is 5.04. The molecule has 6 nitrogen and oxygen atoms in total. The maximum atomic E-state index is 6.07. The third-order valence-electron chi connectivity index (χ3n) is 3.52. The Morgan fingerprint density at radius 2 is 2.33 bits per heavy atom. The van der Waals surface area contributed by atoms with Crippen LogP contribution in [0.5, 0.6) is 11.5 Å². The number of methoxy groups -OCH3 is 1. The molecule has 0 amide bonds. The zero-order valence-electron chi connectivity index (χ0n) is 12.0. The zero-order chi connectivity index (χ0) is 14.7. The number of hydrogen-bond donors (Lipinski definition) is 2. The highest BCUT2D eigenvalue weighted by atomic mass is 16.5. The van der Waals surface area contributed by atoms with Gasteiger partial charge in [-0.25, -0.2) is 0 Å². The number of ether oxygens (including phenoxy) is 2. The van der Waals surface area contributed by atoms with Crippen molar-refractivity contribution < 1.29 is 14.0 Å². The Kier molecular flexibility index (Phi) is 3.96. The summed E-state index contributed by atoms with van der Waals surface area (Å²) in [5.74, 6) is 2.25. The molecule has 1 atom stereocenters. The summed E-state index contributed by atoms with van der Waals surface area (Å²) < 4.78 is 16.8. The van der Waals surface area contributed by atoms with Crippen LogP contribution in [0.25, 0.3) is 11.3 Å². The maximum Gasteiger partial charge on any atom is 0.172 e. The predicted octanol–water partition coefficient (Wildman–Crippen LogP) is 2.06. The minimum atomic E-state index is 0.155. The molecule has 1 aliphatic rings. The number of anilines is 1. The molecule has 3 N–H and O–H groups in total. The van der Waals surface area contributed by atoms with Gasteiger partial charge >= 0.3 is 0 Å². The summed E-state index contributed by atoms with van der Waals surface area (Å²) in [6, 6.07) is 7.37. The van der Waals surface area contributed by atoms with Crippen LogP contribution in [0.3, 0.4) is 0 Å². The largest absolute Gasteiger partial charge is 0.492 e. The van der Waals surface area contributed by atoms with Crippen LogP contribution in [-0.2, 0) is 0 Å². The number of nitrogens with zero attached hydrogens (tertiary/aromatic N) is 1. The van der Waals surface area contributed by atoms with Crippen LogP contribution >= 0.6 is 0 Å². The van der Waals surface area contributed by atoms with E-state index in [0.717, 1.165) is 31.5 Å². The van der Waals surface area contributed by atoms with Crippen molar-refractivity contribution >= 4 is 5.82 Å². The van der Waals surface area contributed by atoms with Gasteiger partial charge in [0.15, 0.2) is 23.1 Å². The van der Waals surface area contributed by atoms with E-state index in [1.807, 2.05) is 18.2 Å². The quantitative estimate of drug-likeness (QED) is 0.896. The van der Waals surface area contributed by atoms with E-state index in [9.17, 15) is 0 Å². The van der Waals surface area contributed by atoms with Gasteiger partial charge in [0, 0.05) is 12.6 Å². The summed E-state index contributed by atoms with van der Waals surface area (Å²) in [4.78, 5) is 0. The molecule has 0 radical (unpaired) electrons. The molecule has 21 heavy (non-hydrogen) atoms. The first-order chi connectivity index (χ1) is 10.3. The number of para-hydroxylation sites is 1. The van der Waals surface area contributed by atoms with E-state index >= 15 is 0 Å². The Labute approximate surface area is 123 Å². The highest BCUT2D eigenvalue weighted by molar-refractivity contribution is 5.71. The van der Waals surface area contributed by atoms with Crippen LogP contribution in [0, 0.1) is 0 Å². The van der Waals surface area contributed by atoms with Crippen LogP contribution in [0.15, 0.2) is 28.8 Å². The Morgan fingerprint density at radius 3 is 3.00 bits per heavy atom. The molecule has 0 saturated carbocycles. The van der Waals surface area contributed by atoms with Crippen LogP contribution in [0.1, 0.15) is 12.8 Å². The third-order valence-corrected chi connectivity index (χ3v) is 3.52. The second-order valence-electron chi connectivity index (χ2n) is 5.04. The van der Waals surface area contributed by atoms with Gasteiger partial charge in [-0.3, -0.25) is 0 Å². The summed E-state index contributed by atoms with van der Waals surface area (Å²) in [6.07, 6.45) is 2.31. The summed E-state index contributed by atoms with van der Waals surface area (Å²) in [5.41, 5.74) is 6.39. The molecule has 1 unspecified atom stereocenters. The number of aromatic nitrogens is 1. The average Bonchev–Trinajstić information content (AvgIpc) is 2.94. The molecule has 6 heteroatoms. The lowest BCUT2D eigenvalue weighted by Gasteiger charge is -2.25. The van der Waals surface area contributed by atoms with Crippen LogP contribution < -0.4 is 20.5 Å². The molecule has 1 fully saturated rings. The lowest BCUT2D eigenvalue weighted by Crippen LogP contribution is -2.37. The Morgan fingerprint density at radius 1 is 1.43 bits per heavy atom. The van der Waals surface area contributed by atoms with Gasteiger partial charge in [0.25, 0.3) is 0 Å². The van der Waals surface area contributed by atoms with Crippen molar-refractivity contribution in [2.24, 2.45) is 0 Å². The van der Waals surface area contributed by atoms with E-state index in [4.69, 9.17) is 19.7 Å². The lowest BCUT2D eigenvalue weighted by molar-refractivity contribution is 0.161. The normalized spacial score (nSPS) is 18.4. The Balaban J connectivity index is 1.90. The van der Waals surface area contributed by atoms with Crippen LogP contribution in [0.4, 0.5) is 5.82 Å². The van der Waals surface area contributed by atoms with E-state index in [-0.39, 0.29) is 6.10 Å². The van der Waals surface area contributed by atoms with Gasteiger partial charge in [-0.05, 0) is 31.5 Å². The minimum Gasteiger partial charge on any atom is -0.492 e. The number of nitrogens with two attached hydrogens (primary N) is 1. The van der Waals surface area contributed by atoms with Gasteiger partial charge in [0.05, 0.1) is 12.7 Å². The first kappa shape index (κ1) is 13.8. The number of nitrogen functional groups attached to an aromatic ring is 1. The molecule has 0 aliphatic carbocycles. The number of hydrogen-bond acceptors (Lipinski definition) is 6. The molecular formula is C15H19N3O3. The SMILES string of the molecule is COc1c(OC2CCCNC2)cccc1-c1cc(N)no1. The minimum absolute atomic E-state index is 0.155. The smallest absolute Gasteiger partial charge is 0.172 e. The zero-order valence-corrected chi connectivity index (χ0v) is 12.0. The van der Waals surface area contributed by atoms with Gasteiger partial charge in [-0.1, -0.05) is 11.2 Å². The van der Waals surface area contributed by atoms with E-state index in [2.05, 4.69) is 10.5 Å². The highest BCUT2D eigenvalue weighted by Gasteiger charge is 2.20. The van der Waals surface area contributed by atoms with Crippen molar-refractivity contribution in [2.75, 3.05) is 25.9 Å². The highest BCUT2D eigenvalue weighted by Crippen LogP contribution is 2.39. The first-order valence-electron chi connectivity index (χ1n) is 7.05. The number of piperidine rings is 1. The molecule has 1 aliphatic heterocycles. The fraction of sp³-hybridized carbons (Fsp3) is 0.400. The van der Waals surface area contributed by atoms with E-state index in [0.29, 0.717) is 23.1 Å². The molecule has 0 bridgehead atoms. The Hall–Kier alpha value is -2.21. The van der Waals surface area contributed by atoms with E-state index in [1.165, 1.54) is 0 Å². The fourth-order valence-corrected chi connectivity index (χ4v) is 2.53. The van der Waals surface area contributed by atoms with Crippen molar-refractivity contribution in [3.05, 3.63) is 24.3 Å². The van der Waals surface area contributed by atoms with Gasteiger partial charge in [0.1, 0.15) is 6.10 Å². The Bertz CT molecular complexity index is 606. The molecule has 3 rings (SSSR count). The summed E-state index contributed by atoms with van der Waals surface area (Å²) >= 11 is 0. The van der Waals surface area contributed by atoms with Crippen molar-refractivity contribution in [1.29, 1.82) is 0 Å². The van der Waals surface area contributed by atoms with E-state index in [1.54, 1.807) is 13.2 Å². The summed E-state index contributed by atoms with van der Waals surface area (Å²) in [6.45, 7) is 1.90. The fourth-order valence-electron chi connectivity index (χ4n) is 2.53. The average molecular weight is 289 g/mol. The standard InChI is InChI=1S/C15H19N3O3/c1-19-15-11(13-8-14(16)18-21-13)5-2-6-12(15)20-10-4-3-7-17-9-10/h2,5-6,8,10,17H,3-4,7,9H2,1H3,(H2,16,18). The van der Waals surface area contributed by atoms with Gasteiger partial charge in [-0.2, -0.15) is 0 Å². The van der Waals surface area contributed by atoms with Crippen molar-refractivity contribution in [3.63, 3.8) is 0 Å². The molecule has 1 saturated heterocycles. The number of rotatable bonds is 4. The van der Waals surface area contributed by atoms with Crippen molar-refractivity contribution in [2.45, 2.75) is 18.9 Å².